The van der Waals surface area contributed by atoms with Crippen LogP contribution in [0.4, 0.5) is 0 Å². The van der Waals surface area contributed by atoms with E-state index in [9.17, 15) is 4.79 Å². The van der Waals surface area contributed by atoms with E-state index in [1.165, 1.54) is 5.59 Å². The van der Waals surface area contributed by atoms with Crippen LogP contribution in [0.2, 0.25) is 0 Å². The highest BCUT2D eigenvalue weighted by Crippen LogP contribution is 2.19. The summed E-state index contributed by atoms with van der Waals surface area (Å²) in [6, 6.07) is 16.7. The fourth-order valence-electron chi connectivity index (χ4n) is 1.46. The Morgan fingerprint density at radius 2 is 1.56 bits per heavy atom. The molecular formula is C13H14N2O3. The number of aromatic carboxylic acids is 1. The molecule has 0 unspecified atom stereocenters. The molecule has 2 rings (SSSR count). The lowest BCUT2D eigenvalue weighted by Crippen LogP contribution is -2.14. The van der Waals surface area contributed by atoms with Gasteiger partial charge >= 0.3 is 5.97 Å². The number of nitrogens with one attached hydrogen (secondary N) is 1. The quantitative estimate of drug-likeness (QED) is 0.479. The Balaban J connectivity index is 0.000000492. The second-order valence-electron chi connectivity index (χ2n) is 3.38. The summed E-state index contributed by atoms with van der Waals surface area (Å²) < 4.78 is 0. The van der Waals surface area contributed by atoms with Crippen molar-refractivity contribution in [3.8, 4) is 11.1 Å². The van der Waals surface area contributed by atoms with Gasteiger partial charge in [0.05, 0.1) is 5.56 Å². The first kappa shape index (κ1) is 13.9. The average molecular weight is 246 g/mol. The van der Waals surface area contributed by atoms with Gasteiger partial charge in [-0.3, -0.25) is 0 Å². The first-order valence-corrected chi connectivity index (χ1v) is 5.17. The van der Waals surface area contributed by atoms with Crippen molar-refractivity contribution in [3.63, 3.8) is 0 Å². The molecule has 0 aliphatic heterocycles. The molecule has 0 aliphatic rings. The summed E-state index contributed by atoms with van der Waals surface area (Å²) in [6.45, 7) is 0. The largest absolute Gasteiger partial charge is 0.478 e. The molecule has 18 heavy (non-hydrogen) atoms. The van der Waals surface area contributed by atoms with Gasteiger partial charge in [0.25, 0.3) is 0 Å². The molecule has 0 heterocycles. The third kappa shape index (κ3) is 3.99. The number of nitrogens with two attached hydrogens (primary N) is 1. The van der Waals surface area contributed by atoms with E-state index in [-0.39, 0.29) is 0 Å². The second kappa shape index (κ2) is 7.18. The van der Waals surface area contributed by atoms with E-state index in [1.807, 2.05) is 36.4 Å². The van der Waals surface area contributed by atoms with Crippen LogP contribution in [0.5, 0.6) is 0 Å². The molecule has 0 saturated carbocycles. The number of carbonyl (C=O) groups is 1. The first-order valence-electron chi connectivity index (χ1n) is 5.17. The molecule has 0 radical (unpaired) electrons. The number of carboxylic acids is 1. The highest BCUT2D eigenvalue weighted by Gasteiger charge is 2.03. The minimum atomic E-state index is -0.896. The van der Waals surface area contributed by atoms with Gasteiger partial charge in [-0.2, -0.15) is 0 Å². The van der Waals surface area contributed by atoms with Gasteiger partial charge in [-0.25, -0.2) is 10.6 Å². The average Bonchev–Trinajstić information content (AvgIpc) is 2.41. The van der Waals surface area contributed by atoms with Gasteiger partial charge in [0, 0.05) is 0 Å². The van der Waals surface area contributed by atoms with Crippen molar-refractivity contribution < 1.29 is 15.1 Å². The maximum absolute atomic E-state index is 10.8. The Hall–Kier alpha value is -2.21. The summed E-state index contributed by atoms with van der Waals surface area (Å²) in [5.41, 5.74) is 3.52. The maximum atomic E-state index is 10.8. The monoisotopic (exact) mass is 246 g/mol. The minimum Gasteiger partial charge on any atom is -0.478 e. The Morgan fingerprint density at radius 1 is 1.00 bits per heavy atom. The van der Waals surface area contributed by atoms with Crippen molar-refractivity contribution in [1.82, 2.24) is 5.59 Å². The molecule has 0 bridgehead atoms. The van der Waals surface area contributed by atoms with E-state index in [0.717, 1.165) is 11.1 Å². The number of hydrogen-bond acceptors (Lipinski definition) is 4. The van der Waals surface area contributed by atoms with Crippen molar-refractivity contribution in [1.29, 1.82) is 0 Å². The van der Waals surface area contributed by atoms with Gasteiger partial charge in [-0.1, -0.05) is 42.5 Å². The zero-order valence-corrected chi connectivity index (χ0v) is 9.58. The van der Waals surface area contributed by atoms with Crippen LogP contribution in [-0.4, -0.2) is 16.3 Å². The van der Waals surface area contributed by atoms with Crippen molar-refractivity contribution >= 4 is 5.97 Å². The molecule has 0 aromatic heterocycles. The summed E-state index contributed by atoms with van der Waals surface area (Å²) in [5, 5.41) is 16.0. The predicted molar refractivity (Wildman–Crippen MR) is 67.9 cm³/mol. The number of hydrazine groups is 1. The van der Waals surface area contributed by atoms with Gasteiger partial charge < -0.3 is 10.3 Å². The number of rotatable bonds is 2. The number of hydrogen-bond donors (Lipinski definition) is 4. The standard InChI is InChI=1S/C13H10O2.H4N2O/c14-13(15)12-8-4-7-11(9-12)10-5-2-1-3-6-10;1-2-3/h1-9H,(H,14,15);2-3H,1H2. The summed E-state index contributed by atoms with van der Waals surface area (Å²) in [7, 11) is 0. The summed E-state index contributed by atoms with van der Waals surface area (Å²) in [6.07, 6.45) is 0. The van der Waals surface area contributed by atoms with E-state index in [0.29, 0.717) is 5.56 Å². The number of carboxylic acid groups (broad SMARTS) is 1. The van der Waals surface area contributed by atoms with Crippen molar-refractivity contribution in [2.24, 2.45) is 5.84 Å². The zero-order valence-electron chi connectivity index (χ0n) is 9.58. The molecule has 0 fully saturated rings. The van der Waals surface area contributed by atoms with Crippen LogP contribution >= 0.6 is 0 Å². The topological polar surface area (TPSA) is 95.6 Å². The van der Waals surface area contributed by atoms with Crippen molar-refractivity contribution in [2.75, 3.05) is 0 Å². The predicted octanol–water partition coefficient (Wildman–Crippen LogP) is 1.89. The molecule has 2 aromatic carbocycles. The van der Waals surface area contributed by atoms with Crippen LogP contribution in [0.25, 0.3) is 11.1 Å². The molecule has 5 heteroatoms. The molecule has 2 aromatic rings. The lowest BCUT2D eigenvalue weighted by molar-refractivity contribution is 0.0697. The SMILES string of the molecule is NNO.O=C(O)c1cccc(-c2ccccc2)c1. The van der Waals surface area contributed by atoms with Crippen LogP contribution in [0.1, 0.15) is 10.4 Å². The van der Waals surface area contributed by atoms with E-state index in [4.69, 9.17) is 10.3 Å². The Morgan fingerprint density at radius 3 is 2.11 bits per heavy atom. The van der Waals surface area contributed by atoms with Crippen LogP contribution < -0.4 is 11.4 Å². The van der Waals surface area contributed by atoms with Crippen molar-refractivity contribution in [2.45, 2.75) is 0 Å². The van der Waals surface area contributed by atoms with Gasteiger partial charge in [0.2, 0.25) is 0 Å². The molecule has 0 atom stereocenters. The van der Waals surface area contributed by atoms with Crippen molar-refractivity contribution in [3.05, 3.63) is 60.2 Å². The molecule has 5 N–H and O–H groups in total. The van der Waals surface area contributed by atoms with Gasteiger partial charge in [-0.15, -0.1) is 5.59 Å². The van der Waals surface area contributed by atoms with Gasteiger partial charge in [-0.05, 0) is 23.3 Å². The normalized spacial score (nSPS) is 9.22. The van der Waals surface area contributed by atoms with Crippen LogP contribution in [0, 0.1) is 0 Å². The molecule has 5 nitrogen and oxygen atoms in total. The minimum absolute atomic E-state index is 0.316. The molecular weight excluding hydrogens is 232 g/mol. The molecule has 0 spiro atoms. The highest BCUT2D eigenvalue weighted by atomic mass is 16.5. The lowest BCUT2D eigenvalue weighted by atomic mass is 10.0. The lowest BCUT2D eigenvalue weighted by Gasteiger charge is -2.02. The van der Waals surface area contributed by atoms with E-state index in [2.05, 4.69) is 5.84 Å². The Bertz CT molecular complexity index is 501. The molecule has 0 saturated heterocycles. The van der Waals surface area contributed by atoms with Gasteiger partial charge in [0.1, 0.15) is 0 Å². The Kier molecular flexibility index (Phi) is 5.53. The maximum Gasteiger partial charge on any atom is 0.335 e. The second-order valence-corrected chi connectivity index (χ2v) is 3.38. The molecule has 0 amide bonds. The third-order valence-corrected chi connectivity index (χ3v) is 2.22. The van der Waals surface area contributed by atoms with Crippen LogP contribution in [0.15, 0.2) is 54.6 Å². The first-order chi connectivity index (χ1) is 8.69. The van der Waals surface area contributed by atoms with E-state index >= 15 is 0 Å². The molecule has 0 aliphatic carbocycles. The smallest absolute Gasteiger partial charge is 0.335 e. The Labute approximate surface area is 104 Å². The number of benzene rings is 2. The van der Waals surface area contributed by atoms with E-state index < -0.39 is 5.97 Å². The summed E-state index contributed by atoms with van der Waals surface area (Å²) in [4.78, 5) is 10.8. The van der Waals surface area contributed by atoms with Crippen LogP contribution in [0.3, 0.4) is 0 Å². The van der Waals surface area contributed by atoms with Gasteiger partial charge in [0.15, 0.2) is 0 Å². The van der Waals surface area contributed by atoms with E-state index in [1.54, 1.807) is 18.2 Å². The molecule has 94 valence electrons. The third-order valence-electron chi connectivity index (χ3n) is 2.22. The fourth-order valence-corrected chi connectivity index (χ4v) is 1.46. The van der Waals surface area contributed by atoms with Crippen LogP contribution in [-0.2, 0) is 0 Å². The summed E-state index contributed by atoms with van der Waals surface area (Å²) >= 11 is 0. The summed E-state index contributed by atoms with van der Waals surface area (Å²) in [5.74, 6) is 3.26. The fraction of sp³-hybridized carbons (Fsp3) is 0. The zero-order chi connectivity index (χ0) is 13.4. The highest BCUT2D eigenvalue weighted by molar-refractivity contribution is 5.89.